The summed E-state index contributed by atoms with van der Waals surface area (Å²) in [5, 5.41) is 3.80. The topological polar surface area (TPSA) is 81.3 Å². The Morgan fingerprint density at radius 1 is 1.19 bits per heavy atom. The number of anilines is 1. The Morgan fingerprint density at radius 3 is 2.63 bits per heavy atom. The molecule has 2 aromatic rings. The SMILES string of the molecule is CC(C(=O)NC1CCCC1)N1CCN(c2nc3ccccc3c(=O)[nH]2)CC1. The molecule has 27 heavy (non-hydrogen) atoms. The molecule has 7 nitrogen and oxygen atoms in total. The first-order valence-corrected chi connectivity index (χ1v) is 9.90. The third-order valence-electron chi connectivity index (χ3n) is 5.84. The molecule has 144 valence electrons. The van der Waals surface area contributed by atoms with Crippen molar-refractivity contribution in [3.63, 3.8) is 0 Å². The van der Waals surface area contributed by atoms with Crippen LogP contribution in [-0.2, 0) is 4.79 Å². The number of rotatable bonds is 4. The summed E-state index contributed by atoms with van der Waals surface area (Å²) in [4.78, 5) is 36.6. The van der Waals surface area contributed by atoms with Gasteiger partial charge in [0.15, 0.2) is 0 Å². The minimum atomic E-state index is -0.128. The first-order chi connectivity index (χ1) is 13.1. The van der Waals surface area contributed by atoms with Crippen LogP contribution in [0.3, 0.4) is 0 Å². The van der Waals surface area contributed by atoms with E-state index in [0.717, 1.165) is 39.0 Å². The molecule has 1 aromatic heterocycles. The van der Waals surface area contributed by atoms with E-state index >= 15 is 0 Å². The Labute approximate surface area is 158 Å². The lowest BCUT2D eigenvalue weighted by Crippen LogP contribution is -2.55. The second-order valence-electron chi connectivity index (χ2n) is 7.60. The maximum absolute atomic E-state index is 12.5. The van der Waals surface area contributed by atoms with Crippen LogP contribution in [0.15, 0.2) is 29.1 Å². The standard InChI is InChI=1S/C20H27N5O2/c1-14(18(26)21-15-6-2-3-7-15)24-10-12-25(13-11-24)20-22-17-9-5-4-8-16(17)19(27)23-20/h4-5,8-9,14-15H,2-3,6-7,10-13H2,1H3,(H,21,26)(H,22,23,27). The largest absolute Gasteiger partial charge is 0.352 e. The summed E-state index contributed by atoms with van der Waals surface area (Å²) in [6, 6.07) is 7.61. The van der Waals surface area contributed by atoms with E-state index in [1.807, 2.05) is 25.1 Å². The molecule has 7 heteroatoms. The molecule has 1 saturated heterocycles. The molecule has 1 atom stereocenters. The van der Waals surface area contributed by atoms with E-state index in [4.69, 9.17) is 0 Å². The third kappa shape index (κ3) is 3.83. The van der Waals surface area contributed by atoms with Gasteiger partial charge in [-0.2, -0.15) is 0 Å². The zero-order chi connectivity index (χ0) is 18.8. The lowest BCUT2D eigenvalue weighted by atomic mass is 10.2. The van der Waals surface area contributed by atoms with Crippen molar-refractivity contribution in [1.82, 2.24) is 20.2 Å². The van der Waals surface area contributed by atoms with Crippen LogP contribution in [0.4, 0.5) is 5.95 Å². The van der Waals surface area contributed by atoms with Crippen LogP contribution in [-0.4, -0.2) is 59.0 Å². The third-order valence-corrected chi connectivity index (χ3v) is 5.84. The van der Waals surface area contributed by atoms with Crippen LogP contribution in [0.1, 0.15) is 32.6 Å². The molecule has 0 radical (unpaired) electrons. The van der Waals surface area contributed by atoms with Gasteiger partial charge in [0.05, 0.1) is 16.9 Å². The molecular weight excluding hydrogens is 342 g/mol. The Bertz CT molecular complexity index is 866. The molecule has 1 saturated carbocycles. The fraction of sp³-hybridized carbons (Fsp3) is 0.550. The van der Waals surface area contributed by atoms with E-state index in [2.05, 4.69) is 25.1 Å². The number of hydrogen-bond acceptors (Lipinski definition) is 5. The van der Waals surface area contributed by atoms with E-state index < -0.39 is 0 Å². The lowest BCUT2D eigenvalue weighted by Gasteiger charge is -2.37. The number of aromatic nitrogens is 2. The average molecular weight is 369 g/mol. The molecule has 1 aromatic carbocycles. The van der Waals surface area contributed by atoms with Gasteiger partial charge in [-0.25, -0.2) is 4.98 Å². The van der Waals surface area contributed by atoms with Crippen LogP contribution in [0.2, 0.25) is 0 Å². The number of nitrogens with one attached hydrogen (secondary N) is 2. The van der Waals surface area contributed by atoms with Gasteiger partial charge in [0.25, 0.3) is 5.56 Å². The highest BCUT2D eigenvalue weighted by Crippen LogP contribution is 2.19. The second kappa shape index (κ2) is 7.68. The fourth-order valence-electron chi connectivity index (χ4n) is 4.10. The highest BCUT2D eigenvalue weighted by atomic mass is 16.2. The normalized spacial score (nSPS) is 20.1. The van der Waals surface area contributed by atoms with Gasteiger partial charge in [0, 0.05) is 32.2 Å². The van der Waals surface area contributed by atoms with Crippen molar-refractivity contribution in [2.75, 3.05) is 31.1 Å². The van der Waals surface area contributed by atoms with Crippen molar-refractivity contribution in [2.45, 2.75) is 44.7 Å². The van der Waals surface area contributed by atoms with E-state index in [0.29, 0.717) is 22.9 Å². The number of nitrogens with zero attached hydrogens (tertiary/aromatic N) is 3. The van der Waals surface area contributed by atoms with E-state index in [-0.39, 0.29) is 17.5 Å². The minimum Gasteiger partial charge on any atom is -0.352 e. The van der Waals surface area contributed by atoms with Crippen LogP contribution >= 0.6 is 0 Å². The number of H-pyrrole nitrogens is 1. The molecule has 1 amide bonds. The smallest absolute Gasteiger partial charge is 0.260 e. The van der Waals surface area contributed by atoms with Gasteiger partial charge in [-0.05, 0) is 31.9 Å². The number of piperazine rings is 1. The molecular formula is C20H27N5O2. The first kappa shape index (κ1) is 18.0. The molecule has 0 spiro atoms. The summed E-state index contributed by atoms with van der Waals surface area (Å²) >= 11 is 0. The Kier molecular flexibility index (Phi) is 5.11. The number of fused-ring (bicyclic) bond motifs is 1. The molecule has 1 aliphatic carbocycles. The number of aromatic amines is 1. The number of amides is 1. The summed E-state index contributed by atoms with van der Waals surface area (Å²) in [6.45, 7) is 5.01. The average Bonchev–Trinajstić information content (AvgIpc) is 3.20. The summed E-state index contributed by atoms with van der Waals surface area (Å²) in [6.07, 6.45) is 4.64. The van der Waals surface area contributed by atoms with Crippen molar-refractivity contribution >= 4 is 22.8 Å². The number of para-hydroxylation sites is 1. The maximum Gasteiger partial charge on any atom is 0.260 e. The molecule has 1 aliphatic heterocycles. The predicted molar refractivity (Wildman–Crippen MR) is 106 cm³/mol. The highest BCUT2D eigenvalue weighted by molar-refractivity contribution is 5.81. The molecule has 0 bridgehead atoms. The van der Waals surface area contributed by atoms with Crippen molar-refractivity contribution in [1.29, 1.82) is 0 Å². The number of hydrogen-bond donors (Lipinski definition) is 2. The van der Waals surface area contributed by atoms with Gasteiger partial charge in [-0.3, -0.25) is 19.5 Å². The quantitative estimate of drug-likeness (QED) is 0.853. The van der Waals surface area contributed by atoms with Crippen LogP contribution in [0, 0.1) is 0 Å². The Hall–Kier alpha value is -2.41. The summed E-state index contributed by atoms with van der Waals surface area (Å²) in [5.74, 6) is 0.744. The van der Waals surface area contributed by atoms with E-state index in [1.165, 1.54) is 12.8 Å². The monoisotopic (exact) mass is 369 g/mol. The van der Waals surface area contributed by atoms with Gasteiger partial charge < -0.3 is 10.2 Å². The van der Waals surface area contributed by atoms with Crippen molar-refractivity contribution in [2.24, 2.45) is 0 Å². The first-order valence-electron chi connectivity index (χ1n) is 9.90. The van der Waals surface area contributed by atoms with Gasteiger partial charge in [0.1, 0.15) is 0 Å². The summed E-state index contributed by atoms with van der Waals surface area (Å²) in [5.41, 5.74) is 0.602. The number of benzene rings is 1. The fourth-order valence-corrected chi connectivity index (χ4v) is 4.10. The van der Waals surface area contributed by atoms with Gasteiger partial charge in [0.2, 0.25) is 11.9 Å². The zero-order valence-electron chi connectivity index (χ0n) is 15.8. The minimum absolute atomic E-state index is 0.109. The van der Waals surface area contributed by atoms with Crippen molar-refractivity contribution in [3.8, 4) is 0 Å². The zero-order valence-corrected chi connectivity index (χ0v) is 15.8. The van der Waals surface area contributed by atoms with Crippen LogP contribution in [0.5, 0.6) is 0 Å². The van der Waals surface area contributed by atoms with E-state index in [1.54, 1.807) is 6.07 Å². The van der Waals surface area contributed by atoms with Crippen LogP contribution < -0.4 is 15.8 Å². The second-order valence-corrected chi connectivity index (χ2v) is 7.60. The highest BCUT2D eigenvalue weighted by Gasteiger charge is 2.28. The molecule has 2 aliphatic rings. The summed E-state index contributed by atoms with van der Waals surface area (Å²) < 4.78 is 0. The number of carbonyl (C=O) groups excluding carboxylic acids is 1. The lowest BCUT2D eigenvalue weighted by molar-refractivity contribution is -0.126. The Morgan fingerprint density at radius 2 is 1.89 bits per heavy atom. The van der Waals surface area contributed by atoms with Crippen molar-refractivity contribution in [3.05, 3.63) is 34.6 Å². The molecule has 2 fully saturated rings. The van der Waals surface area contributed by atoms with Gasteiger partial charge in [-0.15, -0.1) is 0 Å². The molecule has 4 rings (SSSR count). The predicted octanol–water partition coefficient (Wildman–Crippen LogP) is 1.49. The molecule has 2 N–H and O–H groups in total. The number of carbonyl (C=O) groups is 1. The molecule has 1 unspecified atom stereocenters. The van der Waals surface area contributed by atoms with Gasteiger partial charge >= 0.3 is 0 Å². The van der Waals surface area contributed by atoms with Crippen molar-refractivity contribution < 1.29 is 4.79 Å². The Balaban J connectivity index is 1.38. The summed E-state index contributed by atoms with van der Waals surface area (Å²) in [7, 11) is 0. The maximum atomic E-state index is 12.5. The van der Waals surface area contributed by atoms with Crippen LogP contribution in [0.25, 0.3) is 10.9 Å². The van der Waals surface area contributed by atoms with E-state index in [9.17, 15) is 9.59 Å². The van der Waals surface area contributed by atoms with Gasteiger partial charge in [-0.1, -0.05) is 25.0 Å². The molecule has 2 heterocycles.